The third-order valence-corrected chi connectivity index (χ3v) is 3.78. The van der Waals surface area contributed by atoms with Crippen LogP contribution in [0.2, 0.25) is 0 Å². The van der Waals surface area contributed by atoms with Crippen LogP contribution in [0.4, 0.5) is 0 Å². The van der Waals surface area contributed by atoms with Crippen LogP contribution >= 0.6 is 15.9 Å². The second kappa shape index (κ2) is 5.88. The first-order valence-corrected chi connectivity index (χ1v) is 7.38. The Bertz CT molecular complexity index is 575. The van der Waals surface area contributed by atoms with E-state index in [0.717, 1.165) is 34.4 Å². The molecule has 0 aliphatic rings. The topological polar surface area (TPSA) is 43.8 Å². The van der Waals surface area contributed by atoms with Crippen LogP contribution < -0.4 is 5.73 Å². The Kier molecular flexibility index (Phi) is 4.42. The molecule has 2 aromatic rings. The van der Waals surface area contributed by atoms with Gasteiger partial charge in [-0.15, -0.1) is 0 Å². The number of halogens is 1. The third kappa shape index (κ3) is 3.25. The van der Waals surface area contributed by atoms with Gasteiger partial charge in [0.1, 0.15) is 0 Å². The van der Waals surface area contributed by atoms with Gasteiger partial charge in [0.05, 0.1) is 11.4 Å². The normalized spacial score (nSPS) is 12.7. The van der Waals surface area contributed by atoms with Crippen molar-refractivity contribution in [3.8, 4) is 5.69 Å². The van der Waals surface area contributed by atoms with Crippen molar-refractivity contribution in [3.05, 3.63) is 45.7 Å². The Morgan fingerprint density at radius 1 is 1.32 bits per heavy atom. The molecule has 0 amide bonds. The summed E-state index contributed by atoms with van der Waals surface area (Å²) in [7, 11) is 0. The van der Waals surface area contributed by atoms with E-state index in [-0.39, 0.29) is 6.04 Å². The Balaban J connectivity index is 2.48. The van der Waals surface area contributed by atoms with Crippen molar-refractivity contribution in [1.82, 2.24) is 9.78 Å². The SMILES string of the molecule is CCC(N)Cc1ccc(Br)cc1-n1nc(C)cc1C. The van der Waals surface area contributed by atoms with Gasteiger partial charge in [0.15, 0.2) is 0 Å². The Labute approximate surface area is 122 Å². The Hall–Kier alpha value is -1.13. The number of rotatable bonds is 4. The van der Waals surface area contributed by atoms with Crippen LogP contribution in [0.1, 0.15) is 30.3 Å². The van der Waals surface area contributed by atoms with E-state index in [4.69, 9.17) is 5.73 Å². The zero-order valence-electron chi connectivity index (χ0n) is 11.7. The van der Waals surface area contributed by atoms with E-state index < -0.39 is 0 Å². The Morgan fingerprint density at radius 3 is 2.63 bits per heavy atom. The van der Waals surface area contributed by atoms with Crippen LogP contribution in [0.5, 0.6) is 0 Å². The molecule has 0 saturated carbocycles. The molecule has 2 N–H and O–H groups in total. The first-order chi connectivity index (χ1) is 9.01. The summed E-state index contributed by atoms with van der Waals surface area (Å²) < 4.78 is 3.06. The quantitative estimate of drug-likeness (QED) is 0.936. The summed E-state index contributed by atoms with van der Waals surface area (Å²) in [6.45, 7) is 6.20. The zero-order chi connectivity index (χ0) is 14.0. The van der Waals surface area contributed by atoms with E-state index in [9.17, 15) is 0 Å². The first kappa shape index (κ1) is 14.3. The zero-order valence-corrected chi connectivity index (χ0v) is 13.2. The number of nitrogens with zero attached hydrogens (tertiary/aromatic N) is 2. The summed E-state index contributed by atoms with van der Waals surface area (Å²) in [6.07, 6.45) is 1.85. The summed E-state index contributed by atoms with van der Waals surface area (Å²) in [4.78, 5) is 0. The van der Waals surface area contributed by atoms with E-state index in [1.807, 2.05) is 11.6 Å². The second-order valence-electron chi connectivity index (χ2n) is 4.98. The molecule has 0 bridgehead atoms. The minimum Gasteiger partial charge on any atom is -0.327 e. The van der Waals surface area contributed by atoms with Gasteiger partial charge in [-0.1, -0.05) is 28.9 Å². The maximum absolute atomic E-state index is 6.09. The van der Waals surface area contributed by atoms with Gasteiger partial charge in [-0.3, -0.25) is 0 Å². The number of aryl methyl sites for hydroxylation is 2. The van der Waals surface area contributed by atoms with Crippen molar-refractivity contribution < 1.29 is 0 Å². The number of nitrogens with two attached hydrogens (primary N) is 1. The lowest BCUT2D eigenvalue weighted by atomic mass is 10.0. The van der Waals surface area contributed by atoms with Gasteiger partial charge >= 0.3 is 0 Å². The van der Waals surface area contributed by atoms with Crippen molar-refractivity contribution in [3.63, 3.8) is 0 Å². The van der Waals surface area contributed by atoms with Crippen LogP contribution in [0.3, 0.4) is 0 Å². The highest BCUT2D eigenvalue weighted by Gasteiger charge is 2.12. The molecule has 1 atom stereocenters. The predicted molar refractivity (Wildman–Crippen MR) is 82.7 cm³/mol. The number of aromatic nitrogens is 2. The van der Waals surface area contributed by atoms with Gasteiger partial charge in [0, 0.05) is 16.2 Å². The van der Waals surface area contributed by atoms with Crippen molar-refractivity contribution >= 4 is 15.9 Å². The van der Waals surface area contributed by atoms with E-state index in [2.05, 4.69) is 59.1 Å². The molecule has 1 heterocycles. The van der Waals surface area contributed by atoms with Crippen LogP contribution in [-0.2, 0) is 6.42 Å². The molecule has 0 aliphatic heterocycles. The molecule has 1 aromatic heterocycles. The Morgan fingerprint density at radius 2 is 2.05 bits per heavy atom. The monoisotopic (exact) mass is 321 g/mol. The molecule has 0 aliphatic carbocycles. The van der Waals surface area contributed by atoms with Crippen molar-refractivity contribution in [2.24, 2.45) is 5.73 Å². The average molecular weight is 322 g/mol. The minimum absolute atomic E-state index is 0.192. The molecule has 0 spiro atoms. The lowest BCUT2D eigenvalue weighted by molar-refractivity contribution is 0.641. The van der Waals surface area contributed by atoms with Crippen LogP contribution in [0.25, 0.3) is 5.69 Å². The molecular formula is C15H20BrN3. The molecule has 2 rings (SSSR count). The van der Waals surface area contributed by atoms with Crippen molar-refractivity contribution in [1.29, 1.82) is 0 Å². The van der Waals surface area contributed by atoms with Gasteiger partial charge in [0.25, 0.3) is 0 Å². The average Bonchev–Trinajstić information content (AvgIpc) is 2.70. The molecule has 3 nitrogen and oxygen atoms in total. The summed E-state index contributed by atoms with van der Waals surface area (Å²) in [5.41, 5.74) is 10.6. The van der Waals surface area contributed by atoms with E-state index >= 15 is 0 Å². The van der Waals surface area contributed by atoms with Gasteiger partial charge in [-0.2, -0.15) is 5.10 Å². The van der Waals surface area contributed by atoms with Crippen molar-refractivity contribution in [2.75, 3.05) is 0 Å². The molecule has 0 fully saturated rings. The largest absolute Gasteiger partial charge is 0.327 e. The lowest BCUT2D eigenvalue weighted by Gasteiger charge is -2.15. The third-order valence-electron chi connectivity index (χ3n) is 3.29. The molecule has 1 unspecified atom stereocenters. The lowest BCUT2D eigenvalue weighted by Crippen LogP contribution is -2.22. The van der Waals surface area contributed by atoms with Gasteiger partial charge in [-0.25, -0.2) is 4.68 Å². The fourth-order valence-electron chi connectivity index (χ4n) is 2.21. The van der Waals surface area contributed by atoms with Gasteiger partial charge in [0.2, 0.25) is 0 Å². The summed E-state index contributed by atoms with van der Waals surface area (Å²) in [5, 5.41) is 4.57. The highest BCUT2D eigenvalue weighted by Crippen LogP contribution is 2.23. The molecule has 0 saturated heterocycles. The molecule has 102 valence electrons. The first-order valence-electron chi connectivity index (χ1n) is 6.59. The molecule has 4 heteroatoms. The number of benzene rings is 1. The maximum atomic E-state index is 6.09. The fraction of sp³-hybridized carbons (Fsp3) is 0.400. The predicted octanol–water partition coefficient (Wildman–Crippen LogP) is 3.53. The van der Waals surface area contributed by atoms with Crippen LogP contribution in [0.15, 0.2) is 28.7 Å². The van der Waals surface area contributed by atoms with Crippen LogP contribution in [-0.4, -0.2) is 15.8 Å². The van der Waals surface area contributed by atoms with E-state index in [1.165, 1.54) is 5.56 Å². The van der Waals surface area contributed by atoms with E-state index in [1.54, 1.807) is 0 Å². The molecule has 19 heavy (non-hydrogen) atoms. The second-order valence-corrected chi connectivity index (χ2v) is 5.90. The van der Waals surface area contributed by atoms with Crippen LogP contribution in [0, 0.1) is 13.8 Å². The van der Waals surface area contributed by atoms with Crippen molar-refractivity contribution in [2.45, 2.75) is 39.7 Å². The summed E-state index contributed by atoms with van der Waals surface area (Å²) in [5.74, 6) is 0. The van der Waals surface area contributed by atoms with Gasteiger partial charge in [-0.05, 0) is 50.5 Å². The smallest absolute Gasteiger partial charge is 0.0692 e. The number of hydrogen-bond donors (Lipinski definition) is 1. The van der Waals surface area contributed by atoms with E-state index in [0.29, 0.717) is 0 Å². The fourth-order valence-corrected chi connectivity index (χ4v) is 2.56. The van der Waals surface area contributed by atoms with Gasteiger partial charge < -0.3 is 5.73 Å². The minimum atomic E-state index is 0.192. The summed E-state index contributed by atoms with van der Waals surface area (Å²) in [6, 6.07) is 8.58. The summed E-state index contributed by atoms with van der Waals surface area (Å²) >= 11 is 3.54. The molecule has 1 aromatic carbocycles. The highest BCUT2D eigenvalue weighted by atomic mass is 79.9. The standard InChI is InChI=1S/C15H20BrN3/c1-4-14(17)8-12-5-6-13(16)9-15(12)19-11(3)7-10(2)18-19/h5-7,9,14H,4,8,17H2,1-3H3. The molecule has 0 radical (unpaired) electrons. The molecular weight excluding hydrogens is 302 g/mol. The highest BCUT2D eigenvalue weighted by molar-refractivity contribution is 9.10. The maximum Gasteiger partial charge on any atom is 0.0692 e. The number of hydrogen-bond acceptors (Lipinski definition) is 2.